The monoisotopic (exact) mass is 755 g/mol. The van der Waals surface area contributed by atoms with Crippen molar-refractivity contribution < 1.29 is 19.1 Å². The van der Waals surface area contributed by atoms with Crippen LogP contribution in [0.5, 0.6) is 0 Å². The van der Waals surface area contributed by atoms with Gasteiger partial charge in [-0.2, -0.15) is 4.98 Å². The van der Waals surface area contributed by atoms with Crippen LogP contribution in [-0.2, 0) is 34.5 Å². The van der Waals surface area contributed by atoms with Crippen LogP contribution < -0.4 is 10.5 Å². The van der Waals surface area contributed by atoms with Gasteiger partial charge in [-0.05, 0) is 52.1 Å². The van der Waals surface area contributed by atoms with E-state index in [9.17, 15) is 14.4 Å². The molecular weight excluding hydrogens is 706 g/mol. The molecule has 2 fully saturated rings. The quantitative estimate of drug-likeness (QED) is 0.139. The summed E-state index contributed by atoms with van der Waals surface area (Å²) in [6, 6.07) is 4.78. The Kier molecular flexibility index (Phi) is 10.4. The van der Waals surface area contributed by atoms with Crippen molar-refractivity contribution in [1.29, 1.82) is 0 Å². The molecule has 2 saturated heterocycles. The maximum absolute atomic E-state index is 14.5. The Morgan fingerprint density at radius 3 is 2.39 bits per heavy atom. The minimum Gasteiger partial charge on any atom is -0.444 e. The fourth-order valence-corrected chi connectivity index (χ4v) is 8.99. The molecule has 0 saturated carbocycles. The van der Waals surface area contributed by atoms with Gasteiger partial charge < -0.3 is 28.7 Å². The van der Waals surface area contributed by atoms with Crippen LogP contribution in [0.1, 0.15) is 45.0 Å². The number of aromatic nitrogens is 4. The van der Waals surface area contributed by atoms with Crippen LogP contribution >= 0.6 is 22.9 Å². The number of fused-ring (bicyclic) bond motifs is 4. The number of likely N-dealkylation sites (N-methyl/N-ethyl adjacent to an activating group) is 1. The lowest BCUT2D eigenvalue weighted by Crippen LogP contribution is -2.63. The largest absolute Gasteiger partial charge is 0.444 e. The molecule has 2 amide bonds. The van der Waals surface area contributed by atoms with E-state index in [1.165, 1.54) is 11.3 Å². The van der Waals surface area contributed by atoms with Gasteiger partial charge in [0.15, 0.2) is 5.65 Å². The first-order chi connectivity index (χ1) is 23.9. The second kappa shape index (κ2) is 14.2. The zero-order chi connectivity index (χ0) is 37.0. The Hall–Kier alpha value is -3.46. The average Bonchev–Trinajstić information content (AvgIpc) is 3.60. The summed E-state index contributed by atoms with van der Waals surface area (Å²) in [5.74, 6) is 0.543. The zero-order valence-corrected chi connectivity index (χ0v) is 33.8. The number of nitrogens with zero attached hydrogens (tertiary/aromatic N) is 7. The molecule has 2 bridgehead atoms. The van der Waals surface area contributed by atoms with Gasteiger partial charge in [-0.1, -0.05) is 37.3 Å². The van der Waals surface area contributed by atoms with Crippen LogP contribution in [0.3, 0.4) is 0 Å². The van der Waals surface area contributed by atoms with E-state index in [-0.39, 0.29) is 42.8 Å². The number of carbonyl (C=O) groups is 2. The van der Waals surface area contributed by atoms with E-state index in [0.717, 1.165) is 30.0 Å². The fraction of sp³-hybridized carbons (Fsp3) is 0.583. The van der Waals surface area contributed by atoms with Crippen LogP contribution in [0, 0.1) is 0 Å². The number of piperazine rings is 1. The molecule has 2 aliphatic heterocycles. The number of anilines is 1. The van der Waals surface area contributed by atoms with Gasteiger partial charge in [0.05, 0.1) is 27.0 Å². The molecule has 15 heteroatoms. The number of amides is 2. The molecule has 2 atom stereocenters. The highest BCUT2D eigenvalue weighted by Crippen LogP contribution is 2.41. The summed E-state index contributed by atoms with van der Waals surface area (Å²) in [5, 5.41) is 1.62. The highest BCUT2D eigenvalue weighted by Gasteiger charge is 2.42. The Bertz CT molecular complexity index is 2010. The Labute approximate surface area is 309 Å². The van der Waals surface area contributed by atoms with E-state index in [1.54, 1.807) is 35.5 Å². The van der Waals surface area contributed by atoms with Gasteiger partial charge >= 0.3 is 6.09 Å². The number of benzene rings is 1. The maximum Gasteiger partial charge on any atom is 0.410 e. The lowest BCUT2D eigenvalue weighted by molar-refractivity contribution is -0.127. The number of ether oxygens (including phenoxy) is 2. The van der Waals surface area contributed by atoms with E-state index < -0.39 is 13.7 Å². The second-order valence-electron chi connectivity index (χ2n) is 16.2. The van der Waals surface area contributed by atoms with Gasteiger partial charge in [0.25, 0.3) is 5.56 Å². The number of likely N-dealkylation sites (tertiary alicyclic amines) is 1. The topological polar surface area (TPSA) is 115 Å². The van der Waals surface area contributed by atoms with Gasteiger partial charge in [0, 0.05) is 78.3 Å². The summed E-state index contributed by atoms with van der Waals surface area (Å²) >= 11 is 8.52. The molecular formula is C36H50ClN7O5SSi. The second-order valence-corrected chi connectivity index (χ2v) is 23.3. The van der Waals surface area contributed by atoms with E-state index in [2.05, 4.69) is 29.5 Å². The van der Waals surface area contributed by atoms with Crippen molar-refractivity contribution >= 4 is 70.2 Å². The third-order valence-corrected chi connectivity index (χ3v) is 12.8. The van der Waals surface area contributed by atoms with E-state index in [0.29, 0.717) is 63.4 Å². The summed E-state index contributed by atoms with van der Waals surface area (Å²) in [6.07, 6.45) is 4.59. The van der Waals surface area contributed by atoms with Crippen LogP contribution in [0.25, 0.3) is 32.4 Å². The van der Waals surface area contributed by atoms with Crippen molar-refractivity contribution in [3.8, 4) is 11.1 Å². The predicted octanol–water partition coefficient (Wildman–Crippen LogP) is 6.59. The normalized spacial score (nSPS) is 18.2. The third-order valence-electron chi connectivity index (χ3n) is 9.54. The molecule has 2 unspecified atom stereocenters. The minimum absolute atomic E-state index is 0.00630. The lowest BCUT2D eigenvalue weighted by atomic mass is 9.91. The van der Waals surface area contributed by atoms with Gasteiger partial charge in [0.1, 0.15) is 17.3 Å². The van der Waals surface area contributed by atoms with Crippen molar-refractivity contribution in [3.63, 3.8) is 0 Å². The smallest absolute Gasteiger partial charge is 0.410 e. The molecule has 12 nitrogen and oxygen atoms in total. The van der Waals surface area contributed by atoms with Crippen LogP contribution in [0.2, 0.25) is 30.7 Å². The summed E-state index contributed by atoms with van der Waals surface area (Å²) in [4.78, 5) is 55.6. The molecule has 0 radical (unpaired) electrons. The fourth-order valence-electron chi connectivity index (χ4n) is 6.87. The molecule has 2 aliphatic rings. The van der Waals surface area contributed by atoms with Crippen LogP contribution in [-0.4, -0.2) is 100 Å². The number of carbonyl (C=O) groups excluding carboxylic acids is 2. The Morgan fingerprint density at radius 1 is 1.08 bits per heavy atom. The molecule has 1 aromatic carbocycles. The van der Waals surface area contributed by atoms with E-state index in [1.807, 2.05) is 43.7 Å². The number of piperidine rings is 1. The maximum atomic E-state index is 14.5. The van der Waals surface area contributed by atoms with Crippen molar-refractivity contribution in [1.82, 2.24) is 28.9 Å². The molecule has 51 heavy (non-hydrogen) atoms. The standard InChI is InChI=1S/C36H50ClN7O5SSi/c1-36(2,3)49-35(47)42-18-22-11-10-12-23(19-42)44(22)34-39-32-29(33(46)41(34)6)25(20-43(32)21-48-15-16-51(7,8)9)24-13-14-26-31(30(24)37)50-27(38-26)17-28(45)40(4)5/h13-14,20,22-23H,10-12,15-19,21H2,1-9H3. The van der Waals surface area contributed by atoms with E-state index >= 15 is 0 Å². The third kappa shape index (κ3) is 7.84. The SMILES string of the molecule is CN(C)C(=O)Cc1nc2ccc(-c3cn(COCC[Si](C)(C)C)c4nc(N5C6CCCC5CN(C(=O)OC(C)(C)C)C6)n(C)c(=O)c34)c(Cl)c2s1. The van der Waals surface area contributed by atoms with Crippen LogP contribution in [0.4, 0.5) is 10.7 Å². The van der Waals surface area contributed by atoms with Crippen molar-refractivity contribution in [3.05, 3.63) is 38.7 Å². The molecule has 276 valence electrons. The lowest BCUT2D eigenvalue weighted by Gasteiger charge is -2.50. The predicted molar refractivity (Wildman–Crippen MR) is 207 cm³/mol. The van der Waals surface area contributed by atoms with Crippen LogP contribution in [0.15, 0.2) is 23.1 Å². The summed E-state index contributed by atoms with van der Waals surface area (Å²) in [7, 11) is 3.89. The molecule has 6 rings (SSSR count). The number of hydrogen-bond acceptors (Lipinski definition) is 9. The zero-order valence-electron chi connectivity index (χ0n) is 31.2. The number of thiazole rings is 1. The van der Waals surface area contributed by atoms with Gasteiger partial charge in [-0.3, -0.25) is 14.2 Å². The highest BCUT2D eigenvalue weighted by atomic mass is 35.5. The van der Waals surface area contributed by atoms with Crippen molar-refractivity contribution in [2.24, 2.45) is 7.05 Å². The Balaban J connectivity index is 1.42. The molecule has 0 N–H and O–H groups in total. The van der Waals surface area contributed by atoms with Gasteiger partial charge in [-0.15, -0.1) is 11.3 Å². The van der Waals surface area contributed by atoms with Gasteiger partial charge in [0.2, 0.25) is 11.9 Å². The first-order valence-corrected chi connectivity index (χ1v) is 22.5. The molecule has 3 aromatic heterocycles. The summed E-state index contributed by atoms with van der Waals surface area (Å²) in [6.45, 7) is 14.4. The summed E-state index contributed by atoms with van der Waals surface area (Å²) < 4.78 is 16.3. The Morgan fingerprint density at radius 2 is 1.76 bits per heavy atom. The first kappa shape index (κ1) is 37.3. The summed E-state index contributed by atoms with van der Waals surface area (Å²) in [5.41, 5.74) is 1.83. The molecule has 4 aromatic rings. The minimum atomic E-state index is -1.33. The number of rotatable bonds is 9. The molecule has 0 aliphatic carbocycles. The van der Waals surface area contributed by atoms with Gasteiger partial charge in [-0.25, -0.2) is 9.78 Å². The molecule has 0 spiro atoms. The number of halogens is 1. The van der Waals surface area contributed by atoms with E-state index in [4.69, 9.17) is 26.1 Å². The average molecular weight is 756 g/mol. The molecule has 5 heterocycles. The number of hydrogen-bond donors (Lipinski definition) is 0. The first-order valence-electron chi connectivity index (χ1n) is 17.6. The van der Waals surface area contributed by atoms with Crippen molar-refractivity contribution in [2.45, 2.75) is 96.6 Å². The highest BCUT2D eigenvalue weighted by molar-refractivity contribution is 7.19. The van der Waals surface area contributed by atoms with Crippen molar-refractivity contribution in [2.75, 3.05) is 38.7 Å².